The van der Waals surface area contributed by atoms with Gasteiger partial charge in [0.25, 0.3) is 5.91 Å². The van der Waals surface area contributed by atoms with Crippen LogP contribution < -0.4 is 4.90 Å². The lowest BCUT2D eigenvalue weighted by molar-refractivity contribution is -0.130. The lowest BCUT2D eigenvalue weighted by atomic mass is 10.1. The molecule has 1 aliphatic heterocycles. The Balaban J connectivity index is 2.02. The average Bonchev–Trinajstić information content (AvgIpc) is 2.79. The van der Waals surface area contributed by atoms with Gasteiger partial charge in [-0.1, -0.05) is 6.92 Å². The zero-order chi connectivity index (χ0) is 16.1. The second kappa shape index (κ2) is 7.29. The third kappa shape index (κ3) is 3.78. The summed E-state index contributed by atoms with van der Waals surface area (Å²) in [5, 5.41) is 0. The quantitative estimate of drug-likeness (QED) is 0.856. The SMILES string of the molecule is CCC(=O)N1CCCN(C(=O)c2ccc(N(C)C)cc2)CC1. The number of rotatable bonds is 3. The minimum atomic E-state index is 0.0519. The van der Waals surface area contributed by atoms with Crippen LogP contribution in [0.2, 0.25) is 0 Å². The fourth-order valence-electron chi connectivity index (χ4n) is 2.68. The van der Waals surface area contributed by atoms with E-state index in [2.05, 4.69) is 0 Å². The number of amides is 2. The van der Waals surface area contributed by atoms with E-state index in [0.29, 0.717) is 31.6 Å². The fourth-order valence-corrected chi connectivity index (χ4v) is 2.68. The Morgan fingerprint density at radius 2 is 1.59 bits per heavy atom. The summed E-state index contributed by atoms with van der Waals surface area (Å²) >= 11 is 0. The summed E-state index contributed by atoms with van der Waals surface area (Å²) < 4.78 is 0. The summed E-state index contributed by atoms with van der Waals surface area (Å²) in [7, 11) is 3.95. The van der Waals surface area contributed by atoms with Crippen molar-refractivity contribution >= 4 is 17.5 Å². The van der Waals surface area contributed by atoms with Gasteiger partial charge in [0.05, 0.1) is 0 Å². The second-order valence-corrected chi connectivity index (χ2v) is 5.82. The first-order valence-electron chi connectivity index (χ1n) is 7.87. The van der Waals surface area contributed by atoms with Crippen molar-refractivity contribution in [2.75, 3.05) is 45.2 Å². The van der Waals surface area contributed by atoms with Gasteiger partial charge in [-0.3, -0.25) is 9.59 Å². The number of anilines is 1. The lowest BCUT2D eigenvalue weighted by Crippen LogP contribution is -2.37. The van der Waals surface area contributed by atoms with Crippen molar-refractivity contribution < 1.29 is 9.59 Å². The van der Waals surface area contributed by atoms with Gasteiger partial charge < -0.3 is 14.7 Å². The van der Waals surface area contributed by atoms with Gasteiger partial charge in [-0.05, 0) is 30.7 Å². The van der Waals surface area contributed by atoms with Gasteiger partial charge >= 0.3 is 0 Å². The van der Waals surface area contributed by atoms with Gasteiger partial charge in [-0.15, -0.1) is 0 Å². The lowest BCUT2D eigenvalue weighted by Gasteiger charge is -2.22. The van der Waals surface area contributed by atoms with Crippen molar-refractivity contribution in [3.05, 3.63) is 29.8 Å². The molecule has 1 heterocycles. The van der Waals surface area contributed by atoms with Crippen LogP contribution >= 0.6 is 0 Å². The number of hydrogen-bond acceptors (Lipinski definition) is 3. The molecule has 0 saturated carbocycles. The smallest absolute Gasteiger partial charge is 0.253 e. The first-order valence-corrected chi connectivity index (χ1v) is 7.87. The maximum Gasteiger partial charge on any atom is 0.253 e. The molecule has 1 fully saturated rings. The average molecular weight is 303 g/mol. The monoisotopic (exact) mass is 303 g/mol. The Labute approximate surface area is 132 Å². The Hall–Kier alpha value is -2.04. The molecule has 0 atom stereocenters. The highest BCUT2D eigenvalue weighted by atomic mass is 16.2. The molecule has 5 nitrogen and oxygen atoms in total. The van der Waals surface area contributed by atoms with Gasteiger partial charge in [-0.2, -0.15) is 0 Å². The Morgan fingerprint density at radius 1 is 1.00 bits per heavy atom. The molecule has 22 heavy (non-hydrogen) atoms. The predicted molar refractivity (Wildman–Crippen MR) is 88.2 cm³/mol. The van der Waals surface area contributed by atoms with Crippen molar-refractivity contribution in [3.63, 3.8) is 0 Å². The van der Waals surface area contributed by atoms with Gasteiger partial charge in [0, 0.05) is 57.9 Å². The van der Waals surface area contributed by atoms with Crippen LogP contribution in [0.1, 0.15) is 30.1 Å². The highest BCUT2D eigenvalue weighted by Crippen LogP contribution is 2.15. The van der Waals surface area contributed by atoms with E-state index >= 15 is 0 Å². The number of benzene rings is 1. The molecule has 2 amide bonds. The molecule has 0 aromatic heterocycles. The van der Waals surface area contributed by atoms with Crippen molar-refractivity contribution in [3.8, 4) is 0 Å². The fraction of sp³-hybridized carbons (Fsp3) is 0.529. The number of carbonyl (C=O) groups is 2. The number of nitrogens with zero attached hydrogens (tertiary/aromatic N) is 3. The van der Waals surface area contributed by atoms with E-state index in [1.165, 1.54) is 0 Å². The Morgan fingerprint density at radius 3 is 2.18 bits per heavy atom. The van der Waals surface area contributed by atoms with Crippen LogP contribution in [0.15, 0.2) is 24.3 Å². The van der Waals surface area contributed by atoms with Crippen LogP contribution in [-0.4, -0.2) is 61.9 Å². The molecule has 5 heteroatoms. The highest BCUT2D eigenvalue weighted by molar-refractivity contribution is 5.94. The molecule has 0 bridgehead atoms. The first kappa shape index (κ1) is 16.3. The summed E-state index contributed by atoms with van der Waals surface area (Å²) in [6.45, 7) is 4.58. The summed E-state index contributed by atoms with van der Waals surface area (Å²) in [6, 6.07) is 7.66. The number of carbonyl (C=O) groups excluding carboxylic acids is 2. The zero-order valence-corrected chi connectivity index (χ0v) is 13.7. The Kier molecular flexibility index (Phi) is 5.41. The molecular formula is C17H25N3O2. The maximum absolute atomic E-state index is 12.6. The van der Waals surface area contributed by atoms with E-state index < -0.39 is 0 Å². The van der Waals surface area contributed by atoms with E-state index in [-0.39, 0.29) is 11.8 Å². The summed E-state index contributed by atoms with van der Waals surface area (Å²) in [5.74, 6) is 0.223. The topological polar surface area (TPSA) is 43.9 Å². The van der Waals surface area contributed by atoms with Gasteiger partial charge in [0.2, 0.25) is 5.91 Å². The zero-order valence-electron chi connectivity index (χ0n) is 13.7. The largest absolute Gasteiger partial charge is 0.378 e. The van der Waals surface area contributed by atoms with E-state index in [1.807, 2.05) is 60.0 Å². The van der Waals surface area contributed by atoms with Gasteiger partial charge in [-0.25, -0.2) is 0 Å². The molecule has 0 aliphatic carbocycles. The highest BCUT2D eigenvalue weighted by Gasteiger charge is 2.22. The van der Waals surface area contributed by atoms with E-state index in [1.54, 1.807) is 0 Å². The van der Waals surface area contributed by atoms with Gasteiger partial charge in [0.1, 0.15) is 0 Å². The van der Waals surface area contributed by atoms with Crippen molar-refractivity contribution in [2.45, 2.75) is 19.8 Å². The molecular weight excluding hydrogens is 278 g/mol. The van der Waals surface area contributed by atoms with Crippen LogP contribution in [-0.2, 0) is 4.79 Å². The number of hydrogen-bond donors (Lipinski definition) is 0. The predicted octanol–water partition coefficient (Wildman–Crippen LogP) is 1.84. The third-order valence-corrected chi connectivity index (χ3v) is 4.07. The molecule has 1 aromatic carbocycles. The Bertz CT molecular complexity index is 525. The van der Waals surface area contributed by atoms with Crippen molar-refractivity contribution in [2.24, 2.45) is 0 Å². The van der Waals surface area contributed by atoms with Gasteiger partial charge in [0.15, 0.2) is 0 Å². The van der Waals surface area contributed by atoms with Crippen LogP contribution in [0.5, 0.6) is 0 Å². The molecule has 0 radical (unpaired) electrons. The third-order valence-electron chi connectivity index (χ3n) is 4.07. The van der Waals surface area contributed by atoms with Crippen molar-refractivity contribution in [1.82, 2.24) is 9.80 Å². The molecule has 0 N–H and O–H groups in total. The van der Waals surface area contributed by atoms with Crippen LogP contribution in [0.3, 0.4) is 0 Å². The summed E-state index contributed by atoms with van der Waals surface area (Å²) in [6.07, 6.45) is 1.37. The second-order valence-electron chi connectivity index (χ2n) is 5.82. The molecule has 120 valence electrons. The van der Waals surface area contributed by atoms with E-state index in [0.717, 1.165) is 18.7 Å². The molecule has 0 unspecified atom stereocenters. The minimum Gasteiger partial charge on any atom is -0.378 e. The minimum absolute atomic E-state index is 0.0519. The summed E-state index contributed by atoms with van der Waals surface area (Å²) in [4.78, 5) is 30.1. The molecule has 1 aromatic rings. The van der Waals surface area contributed by atoms with Crippen molar-refractivity contribution in [1.29, 1.82) is 0 Å². The summed E-state index contributed by atoms with van der Waals surface area (Å²) in [5.41, 5.74) is 1.79. The van der Waals surface area contributed by atoms with Crippen LogP contribution in [0.4, 0.5) is 5.69 Å². The molecule has 1 saturated heterocycles. The van der Waals surface area contributed by atoms with E-state index in [9.17, 15) is 9.59 Å². The van der Waals surface area contributed by atoms with E-state index in [4.69, 9.17) is 0 Å². The van der Waals surface area contributed by atoms with Crippen LogP contribution in [0.25, 0.3) is 0 Å². The maximum atomic E-state index is 12.6. The normalized spacial score (nSPS) is 15.4. The first-order chi connectivity index (χ1) is 10.5. The molecule has 1 aliphatic rings. The molecule has 0 spiro atoms. The molecule has 2 rings (SSSR count). The standard InChI is InChI=1S/C17H25N3O2/c1-4-16(21)19-10-5-11-20(13-12-19)17(22)14-6-8-15(9-7-14)18(2)3/h6-9H,4-5,10-13H2,1-3H3. The van der Waals surface area contributed by atoms with Crippen LogP contribution in [0, 0.1) is 0 Å².